The number of Topliss-reactive ketones (excluding diaryl/α,β-unsaturated/α-hetero) is 1. The number of aromatic nitrogens is 2. The van der Waals surface area contributed by atoms with E-state index in [1.54, 1.807) is 11.0 Å². The number of amides is 2. The molecule has 2 saturated heterocycles. The molecule has 178 valence electrons. The van der Waals surface area contributed by atoms with E-state index in [9.17, 15) is 14.4 Å². The third-order valence-corrected chi connectivity index (χ3v) is 5.31. The smallest absolute Gasteiger partial charge is 0.410 e. The monoisotopic (exact) mass is 458 g/mol. The van der Waals surface area contributed by atoms with E-state index in [-0.39, 0.29) is 43.3 Å². The molecule has 3 heterocycles. The van der Waals surface area contributed by atoms with Gasteiger partial charge in [0.05, 0.1) is 12.5 Å². The van der Waals surface area contributed by atoms with E-state index in [2.05, 4.69) is 23.4 Å². The largest absolute Gasteiger partial charge is 0.445 e. The van der Waals surface area contributed by atoms with E-state index in [1.165, 1.54) is 11.0 Å². The zero-order chi connectivity index (χ0) is 24.2. The van der Waals surface area contributed by atoms with E-state index in [0.29, 0.717) is 38.4 Å². The van der Waals surface area contributed by atoms with Crippen molar-refractivity contribution < 1.29 is 23.9 Å². The molecule has 33 heavy (non-hydrogen) atoms. The van der Waals surface area contributed by atoms with Gasteiger partial charge in [0.2, 0.25) is 0 Å². The summed E-state index contributed by atoms with van der Waals surface area (Å²) in [6.07, 6.45) is 3.76. The van der Waals surface area contributed by atoms with Crippen molar-refractivity contribution in [1.82, 2.24) is 20.0 Å². The average Bonchev–Trinajstić information content (AvgIpc) is 3.56. The molecule has 0 radical (unpaired) electrons. The number of nitrogens with zero attached hydrogens (tertiary/aromatic N) is 4. The van der Waals surface area contributed by atoms with Gasteiger partial charge in [-0.15, -0.1) is 0 Å². The molecule has 2 amide bonds. The Morgan fingerprint density at radius 1 is 1.15 bits per heavy atom. The van der Waals surface area contributed by atoms with Crippen molar-refractivity contribution in [3.63, 3.8) is 0 Å². The van der Waals surface area contributed by atoms with Gasteiger partial charge in [-0.2, -0.15) is 10.4 Å². The van der Waals surface area contributed by atoms with Crippen LogP contribution in [0.2, 0.25) is 0 Å². The third kappa shape index (κ3) is 7.68. The first-order valence-electron chi connectivity index (χ1n) is 10.6. The number of ether oxygens (including phenoxy) is 2. The minimum atomic E-state index is -0.424. The Hall–Kier alpha value is -3.81. The molecule has 2 unspecified atom stereocenters. The Balaban J connectivity index is 0.000000234. The second-order valence-corrected chi connectivity index (χ2v) is 7.64. The predicted molar refractivity (Wildman–Crippen MR) is 120 cm³/mol. The van der Waals surface area contributed by atoms with Gasteiger partial charge in [-0.05, 0) is 12.8 Å². The summed E-state index contributed by atoms with van der Waals surface area (Å²) in [4.78, 5) is 37.6. The lowest BCUT2D eigenvalue weighted by molar-refractivity contribution is -0.121. The topological polar surface area (TPSA) is 155 Å². The quantitative estimate of drug-likeness (QED) is 0.589. The Bertz CT molecular complexity index is 892. The summed E-state index contributed by atoms with van der Waals surface area (Å²) in [7, 11) is 0. The number of rotatable bonds is 7. The van der Waals surface area contributed by atoms with Crippen molar-refractivity contribution in [3.8, 4) is 6.07 Å². The van der Waals surface area contributed by atoms with Crippen LogP contribution in [0.1, 0.15) is 30.9 Å². The minimum Gasteiger partial charge on any atom is -0.445 e. The Morgan fingerprint density at radius 3 is 2.30 bits per heavy atom. The summed E-state index contributed by atoms with van der Waals surface area (Å²) in [6, 6.07) is 3.63. The highest BCUT2D eigenvalue weighted by Gasteiger charge is 2.31. The fourth-order valence-electron chi connectivity index (χ4n) is 3.60. The summed E-state index contributed by atoms with van der Waals surface area (Å²) < 4.78 is 9.84. The van der Waals surface area contributed by atoms with Gasteiger partial charge in [-0.3, -0.25) is 9.89 Å². The van der Waals surface area contributed by atoms with Gasteiger partial charge in [0.25, 0.3) is 0 Å². The van der Waals surface area contributed by atoms with Gasteiger partial charge in [-0.25, -0.2) is 9.59 Å². The average molecular weight is 459 g/mol. The highest BCUT2D eigenvalue weighted by atomic mass is 16.6. The Kier molecular flexibility index (Phi) is 9.95. The lowest BCUT2D eigenvalue weighted by Crippen LogP contribution is -2.30. The number of nitrogens with one attached hydrogen (secondary N) is 1. The number of nitrogen functional groups attached to an aromatic ring is 1. The second-order valence-electron chi connectivity index (χ2n) is 7.64. The predicted octanol–water partition coefficient (Wildman–Crippen LogP) is 2.22. The Labute approximate surface area is 192 Å². The van der Waals surface area contributed by atoms with Crippen LogP contribution in [0, 0.1) is 17.2 Å². The number of anilines is 1. The number of hydrogen-bond acceptors (Lipinski definition) is 8. The van der Waals surface area contributed by atoms with Crippen LogP contribution in [0.15, 0.2) is 31.4 Å². The number of aromatic amines is 1. The standard InChI is InChI=1S/C11H16N4O2.C11H14N2O3/c1-2-5-17-11(16)15-4-3-8(7-15)9-6-10(12)14-13-9;1-2-7-16-11(15)13-6-4-9(8-13)10(14)3-5-12/h2,6,8H,1,3-5,7H2,(H3,12,13,14);2,9H,1,3-4,6-8H2. The molecular weight excluding hydrogens is 428 g/mol. The van der Waals surface area contributed by atoms with Crippen LogP contribution >= 0.6 is 0 Å². The summed E-state index contributed by atoms with van der Waals surface area (Å²) in [6.45, 7) is 9.56. The van der Waals surface area contributed by atoms with Crippen LogP contribution in [0.4, 0.5) is 15.4 Å². The maximum Gasteiger partial charge on any atom is 0.410 e. The normalized spacial score (nSPS) is 19.1. The lowest BCUT2D eigenvalue weighted by atomic mass is 10.0. The zero-order valence-electron chi connectivity index (χ0n) is 18.6. The minimum absolute atomic E-state index is 0.0831. The first-order valence-corrected chi connectivity index (χ1v) is 10.6. The van der Waals surface area contributed by atoms with Crippen molar-refractivity contribution in [2.75, 3.05) is 45.1 Å². The Morgan fingerprint density at radius 2 is 1.76 bits per heavy atom. The molecule has 0 saturated carbocycles. The van der Waals surface area contributed by atoms with E-state index < -0.39 is 6.09 Å². The molecule has 3 rings (SSSR count). The SMILES string of the molecule is C=CCOC(=O)N1CCC(C(=O)CC#N)C1.C=CCOC(=O)N1CCC(c2cc(N)n[nH]2)C1. The molecule has 11 nitrogen and oxygen atoms in total. The van der Waals surface area contributed by atoms with Crippen molar-refractivity contribution in [1.29, 1.82) is 5.26 Å². The zero-order valence-corrected chi connectivity index (χ0v) is 18.6. The van der Waals surface area contributed by atoms with Crippen LogP contribution < -0.4 is 5.73 Å². The number of likely N-dealkylation sites (tertiary alicyclic amines) is 2. The van der Waals surface area contributed by atoms with Gasteiger partial charge in [-0.1, -0.05) is 25.3 Å². The first kappa shape index (κ1) is 25.5. The van der Waals surface area contributed by atoms with E-state index in [1.807, 2.05) is 12.1 Å². The van der Waals surface area contributed by atoms with Crippen LogP contribution in [0.25, 0.3) is 0 Å². The van der Waals surface area contributed by atoms with E-state index in [0.717, 1.165) is 12.1 Å². The number of nitriles is 1. The molecule has 3 N–H and O–H groups in total. The van der Waals surface area contributed by atoms with Crippen LogP contribution in [-0.4, -0.2) is 77.4 Å². The number of ketones is 1. The number of carbonyl (C=O) groups is 3. The molecular formula is C22H30N6O5. The number of hydrogen-bond donors (Lipinski definition) is 2. The molecule has 2 aliphatic rings. The fraction of sp³-hybridized carbons (Fsp3) is 0.500. The molecule has 2 fully saturated rings. The maximum absolute atomic E-state index is 11.6. The van der Waals surface area contributed by atoms with Crippen molar-refractivity contribution >= 4 is 23.8 Å². The van der Waals surface area contributed by atoms with Crippen molar-refractivity contribution in [2.24, 2.45) is 5.92 Å². The number of carbonyl (C=O) groups excluding carboxylic acids is 3. The lowest BCUT2D eigenvalue weighted by Gasteiger charge is -2.15. The summed E-state index contributed by atoms with van der Waals surface area (Å²) in [5.74, 6) is 0.432. The summed E-state index contributed by atoms with van der Waals surface area (Å²) in [5, 5.41) is 15.2. The molecule has 2 atom stereocenters. The highest BCUT2D eigenvalue weighted by molar-refractivity contribution is 5.84. The van der Waals surface area contributed by atoms with Gasteiger partial charge in [0, 0.05) is 49.8 Å². The van der Waals surface area contributed by atoms with Crippen LogP contribution in [0.3, 0.4) is 0 Å². The van der Waals surface area contributed by atoms with E-state index in [4.69, 9.17) is 20.5 Å². The van der Waals surface area contributed by atoms with Gasteiger partial charge in [0.1, 0.15) is 19.0 Å². The van der Waals surface area contributed by atoms with Gasteiger partial charge < -0.3 is 25.0 Å². The summed E-state index contributed by atoms with van der Waals surface area (Å²) >= 11 is 0. The summed E-state index contributed by atoms with van der Waals surface area (Å²) in [5.41, 5.74) is 6.52. The molecule has 0 aliphatic carbocycles. The van der Waals surface area contributed by atoms with E-state index >= 15 is 0 Å². The number of nitrogens with two attached hydrogens (primary N) is 1. The van der Waals surface area contributed by atoms with Crippen molar-refractivity contribution in [3.05, 3.63) is 37.1 Å². The molecule has 0 aromatic carbocycles. The number of H-pyrrole nitrogens is 1. The molecule has 11 heteroatoms. The first-order chi connectivity index (χ1) is 15.9. The van der Waals surface area contributed by atoms with Crippen LogP contribution in [-0.2, 0) is 14.3 Å². The van der Waals surface area contributed by atoms with Crippen molar-refractivity contribution in [2.45, 2.75) is 25.2 Å². The third-order valence-electron chi connectivity index (χ3n) is 5.31. The van der Waals surface area contributed by atoms with Crippen LogP contribution in [0.5, 0.6) is 0 Å². The van der Waals surface area contributed by atoms with Gasteiger partial charge in [0.15, 0.2) is 5.78 Å². The molecule has 0 spiro atoms. The van der Waals surface area contributed by atoms with Gasteiger partial charge >= 0.3 is 12.2 Å². The fourth-order valence-corrected chi connectivity index (χ4v) is 3.60. The second kappa shape index (κ2) is 12.9. The maximum atomic E-state index is 11.6. The molecule has 1 aromatic heterocycles. The molecule has 2 aliphatic heterocycles. The molecule has 0 bridgehead atoms. The highest BCUT2D eigenvalue weighted by Crippen LogP contribution is 2.26. The molecule has 1 aromatic rings.